The fourth-order valence-corrected chi connectivity index (χ4v) is 1.47. The molecule has 1 aromatic carbocycles. The van der Waals surface area contributed by atoms with E-state index >= 15 is 0 Å². The van der Waals surface area contributed by atoms with Crippen molar-refractivity contribution in [1.29, 1.82) is 0 Å². The zero-order valence-electron chi connectivity index (χ0n) is 10.7. The fourth-order valence-electron chi connectivity index (χ4n) is 1.47. The molecule has 3 nitrogen and oxygen atoms in total. The molecule has 0 amide bonds. The van der Waals surface area contributed by atoms with Gasteiger partial charge in [-0.15, -0.1) is 0 Å². The predicted molar refractivity (Wildman–Crippen MR) is 67.8 cm³/mol. The van der Waals surface area contributed by atoms with E-state index in [9.17, 15) is 5.11 Å². The standard InChI is InChI=1S/C14H22O3/c1-3-16-11-14(2,10-15)12-17-9-13-7-5-4-6-8-13/h4-8,15H,3,9-12H2,1-2H3. The van der Waals surface area contributed by atoms with Crippen LogP contribution in [-0.2, 0) is 16.1 Å². The first-order chi connectivity index (χ1) is 8.20. The first kappa shape index (κ1) is 14.2. The number of rotatable bonds is 8. The largest absolute Gasteiger partial charge is 0.396 e. The van der Waals surface area contributed by atoms with Gasteiger partial charge in [0.25, 0.3) is 0 Å². The molecule has 17 heavy (non-hydrogen) atoms. The maximum atomic E-state index is 9.35. The van der Waals surface area contributed by atoms with Crippen LogP contribution in [0, 0.1) is 5.41 Å². The average Bonchev–Trinajstić information content (AvgIpc) is 2.38. The summed E-state index contributed by atoms with van der Waals surface area (Å²) in [6.07, 6.45) is 0. The second-order valence-corrected chi connectivity index (χ2v) is 4.58. The van der Waals surface area contributed by atoms with E-state index in [2.05, 4.69) is 0 Å². The third-order valence-corrected chi connectivity index (χ3v) is 2.60. The molecule has 0 saturated carbocycles. The monoisotopic (exact) mass is 238 g/mol. The Kier molecular flexibility index (Phi) is 6.19. The Morgan fingerprint density at radius 1 is 1.12 bits per heavy atom. The van der Waals surface area contributed by atoms with Gasteiger partial charge in [-0.1, -0.05) is 37.3 Å². The van der Waals surface area contributed by atoms with Crippen LogP contribution in [0.1, 0.15) is 19.4 Å². The smallest absolute Gasteiger partial charge is 0.0717 e. The topological polar surface area (TPSA) is 38.7 Å². The summed E-state index contributed by atoms with van der Waals surface area (Å²) >= 11 is 0. The zero-order valence-corrected chi connectivity index (χ0v) is 10.7. The molecule has 0 fully saturated rings. The number of aliphatic hydroxyl groups excluding tert-OH is 1. The highest BCUT2D eigenvalue weighted by molar-refractivity contribution is 5.13. The zero-order chi connectivity index (χ0) is 12.6. The minimum absolute atomic E-state index is 0.0712. The van der Waals surface area contributed by atoms with Crippen molar-refractivity contribution in [3.63, 3.8) is 0 Å². The van der Waals surface area contributed by atoms with Crippen LogP contribution >= 0.6 is 0 Å². The van der Waals surface area contributed by atoms with E-state index in [1.54, 1.807) is 0 Å². The molecule has 0 aliphatic carbocycles. The highest BCUT2D eigenvalue weighted by Gasteiger charge is 2.24. The molecular weight excluding hydrogens is 216 g/mol. The van der Waals surface area contributed by atoms with Crippen LogP contribution in [-0.4, -0.2) is 31.5 Å². The van der Waals surface area contributed by atoms with Crippen LogP contribution < -0.4 is 0 Å². The van der Waals surface area contributed by atoms with Crippen LogP contribution in [0.5, 0.6) is 0 Å². The van der Waals surface area contributed by atoms with Gasteiger partial charge in [0.05, 0.1) is 26.4 Å². The van der Waals surface area contributed by atoms with Crippen LogP contribution in [0.2, 0.25) is 0 Å². The molecule has 0 saturated heterocycles. The maximum Gasteiger partial charge on any atom is 0.0717 e. The first-order valence-electron chi connectivity index (χ1n) is 6.00. The molecule has 0 heterocycles. The van der Waals surface area contributed by atoms with Crippen molar-refractivity contribution < 1.29 is 14.6 Å². The molecule has 0 aliphatic heterocycles. The highest BCUT2D eigenvalue weighted by atomic mass is 16.5. The van der Waals surface area contributed by atoms with Crippen molar-refractivity contribution in [2.75, 3.05) is 26.4 Å². The SMILES string of the molecule is CCOCC(C)(CO)COCc1ccccc1. The number of aliphatic hydroxyl groups is 1. The molecular formula is C14H22O3. The highest BCUT2D eigenvalue weighted by Crippen LogP contribution is 2.17. The van der Waals surface area contributed by atoms with Crippen molar-refractivity contribution >= 4 is 0 Å². The van der Waals surface area contributed by atoms with E-state index in [-0.39, 0.29) is 12.0 Å². The third kappa shape index (κ3) is 5.31. The van der Waals surface area contributed by atoms with E-state index in [1.165, 1.54) is 0 Å². The Hall–Kier alpha value is -0.900. The second-order valence-electron chi connectivity index (χ2n) is 4.58. The van der Waals surface area contributed by atoms with Gasteiger partial charge in [-0.2, -0.15) is 0 Å². The molecule has 1 aromatic rings. The summed E-state index contributed by atoms with van der Waals surface area (Å²) in [5.41, 5.74) is 0.828. The first-order valence-corrected chi connectivity index (χ1v) is 6.00. The molecule has 3 heteroatoms. The van der Waals surface area contributed by atoms with Gasteiger partial charge in [-0.25, -0.2) is 0 Å². The van der Waals surface area contributed by atoms with Gasteiger partial charge in [0, 0.05) is 12.0 Å². The normalized spacial score (nSPS) is 14.5. The summed E-state index contributed by atoms with van der Waals surface area (Å²) in [5, 5.41) is 9.35. The Labute approximate surface area is 103 Å². The molecule has 1 unspecified atom stereocenters. The van der Waals surface area contributed by atoms with Crippen molar-refractivity contribution in [3.8, 4) is 0 Å². The molecule has 0 aliphatic rings. The Bertz CT molecular complexity index is 300. The van der Waals surface area contributed by atoms with E-state index in [0.29, 0.717) is 26.4 Å². The van der Waals surface area contributed by atoms with Crippen molar-refractivity contribution in [2.24, 2.45) is 5.41 Å². The van der Waals surface area contributed by atoms with Crippen molar-refractivity contribution in [3.05, 3.63) is 35.9 Å². The molecule has 96 valence electrons. The lowest BCUT2D eigenvalue weighted by molar-refractivity contribution is -0.0427. The molecule has 1 rings (SSSR count). The number of ether oxygens (including phenoxy) is 2. The Morgan fingerprint density at radius 3 is 2.35 bits per heavy atom. The summed E-state index contributed by atoms with van der Waals surface area (Å²) in [7, 11) is 0. The number of hydrogen-bond donors (Lipinski definition) is 1. The van der Waals surface area contributed by atoms with E-state index in [1.807, 2.05) is 44.2 Å². The molecule has 0 spiro atoms. The van der Waals surface area contributed by atoms with Gasteiger partial charge in [0.2, 0.25) is 0 Å². The quantitative estimate of drug-likeness (QED) is 0.755. The summed E-state index contributed by atoms with van der Waals surface area (Å²) in [5.74, 6) is 0. The van der Waals surface area contributed by atoms with E-state index < -0.39 is 0 Å². The second kappa shape index (κ2) is 7.43. The maximum absolute atomic E-state index is 9.35. The fraction of sp³-hybridized carbons (Fsp3) is 0.571. The molecule has 0 bridgehead atoms. The summed E-state index contributed by atoms with van der Waals surface area (Å²) < 4.78 is 11.0. The van der Waals surface area contributed by atoms with Gasteiger partial charge in [0.15, 0.2) is 0 Å². The lowest BCUT2D eigenvalue weighted by Crippen LogP contribution is -2.33. The Balaban J connectivity index is 2.32. The lowest BCUT2D eigenvalue weighted by atomic mass is 9.94. The van der Waals surface area contributed by atoms with Gasteiger partial charge < -0.3 is 14.6 Å². The minimum atomic E-state index is -0.315. The summed E-state index contributed by atoms with van der Waals surface area (Å²) in [4.78, 5) is 0. The molecule has 1 atom stereocenters. The molecule has 0 radical (unpaired) electrons. The van der Waals surface area contributed by atoms with Crippen LogP contribution in [0.15, 0.2) is 30.3 Å². The van der Waals surface area contributed by atoms with Gasteiger partial charge >= 0.3 is 0 Å². The molecule has 0 aromatic heterocycles. The van der Waals surface area contributed by atoms with Gasteiger partial charge in [-0.3, -0.25) is 0 Å². The van der Waals surface area contributed by atoms with Crippen molar-refractivity contribution in [2.45, 2.75) is 20.5 Å². The van der Waals surface area contributed by atoms with Crippen LogP contribution in [0.25, 0.3) is 0 Å². The minimum Gasteiger partial charge on any atom is -0.396 e. The van der Waals surface area contributed by atoms with E-state index in [4.69, 9.17) is 9.47 Å². The number of benzene rings is 1. The Morgan fingerprint density at radius 2 is 1.76 bits per heavy atom. The van der Waals surface area contributed by atoms with E-state index in [0.717, 1.165) is 5.56 Å². The summed E-state index contributed by atoms with van der Waals surface area (Å²) in [6, 6.07) is 10.0. The predicted octanol–water partition coefficient (Wildman–Crippen LogP) is 2.24. The van der Waals surface area contributed by atoms with Gasteiger partial charge in [0.1, 0.15) is 0 Å². The third-order valence-electron chi connectivity index (χ3n) is 2.60. The van der Waals surface area contributed by atoms with Crippen LogP contribution in [0.4, 0.5) is 0 Å². The molecule has 1 N–H and O–H groups in total. The summed E-state index contributed by atoms with van der Waals surface area (Å²) in [6.45, 7) is 6.24. The lowest BCUT2D eigenvalue weighted by Gasteiger charge is -2.26. The van der Waals surface area contributed by atoms with Crippen LogP contribution in [0.3, 0.4) is 0 Å². The van der Waals surface area contributed by atoms with Crippen molar-refractivity contribution in [1.82, 2.24) is 0 Å². The van der Waals surface area contributed by atoms with Gasteiger partial charge in [-0.05, 0) is 12.5 Å². The average molecular weight is 238 g/mol. The number of hydrogen-bond acceptors (Lipinski definition) is 3.